The Morgan fingerprint density at radius 1 is 1.17 bits per heavy atom. The van der Waals surface area contributed by atoms with Crippen LogP contribution in [0.25, 0.3) is 0 Å². The average molecular weight is 310 g/mol. The first-order valence-corrected chi connectivity index (χ1v) is 6.36. The van der Waals surface area contributed by atoms with Gasteiger partial charge in [-0.05, 0) is 41.5 Å². The van der Waals surface area contributed by atoms with Crippen LogP contribution in [0.4, 0.5) is 10.1 Å². The molecule has 0 aliphatic carbocycles. The first-order chi connectivity index (χ1) is 8.69. The van der Waals surface area contributed by atoms with E-state index in [1.165, 1.54) is 12.1 Å². The lowest BCUT2D eigenvalue weighted by atomic mass is 10.2. The molecular formula is C14H13BrFNO. The molecule has 94 valence electrons. The number of nitrogens with one attached hydrogen (secondary N) is 1. The Hall–Kier alpha value is -1.39. The molecule has 2 rings (SSSR count). The van der Waals surface area contributed by atoms with Gasteiger partial charge in [0.15, 0.2) is 0 Å². The van der Waals surface area contributed by atoms with Gasteiger partial charge in [0.2, 0.25) is 0 Å². The van der Waals surface area contributed by atoms with Crippen LogP contribution in [0.2, 0.25) is 0 Å². The van der Waals surface area contributed by atoms with Gasteiger partial charge in [-0.2, -0.15) is 0 Å². The minimum atomic E-state index is -0.251. The van der Waals surface area contributed by atoms with Crippen LogP contribution in [0.3, 0.4) is 0 Å². The van der Waals surface area contributed by atoms with Gasteiger partial charge < -0.3 is 10.4 Å². The van der Waals surface area contributed by atoms with Gasteiger partial charge >= 0.3 is 0 Å². The molecule has 4 heteroatoms. The van der Waals surface area contributed by atoms with Crippen molar-refractivity contribution in [2.45, 2.75) is 13.2 Å². The van der Waals surface area contributed by atoms with Crippen LogP contribution >= 0.6 is 15.9 Å². The molecule has 0 saturated heterocycles. The molecule has 2 aromatic rings. The topological polar surface area (TPSA) is 32.3 Å². The van der Waals surface area contributed by atoms with E-state index in [0.29, 0.717) is 6.54 Å². The van der Waals surface area contributed by atoms with E-state index in [1.54, 1.807) is 6.07 Å². The summed E-state index contributed by atoms with van der Waals surface area (Å²) in [6.07, 6.45) is 0. The first kappa shape index (κ1) is 13.1. The summed E-state index contributed by atoms with van der Waals surface area (Å²) in [5.74, 6) is -0.251. The molecule has 0 amide bonds. The molecule has 0 heterocycles. The Labute approximate surface area is 114 Å². The molecule has 0 aromatic heterocycles. The summed E-state index contributed by atoms with van der Waals surface area (Å²) in [5, 5.41) is 12.2. The maximum Gasteiger partial charge on any atom is 0.123 e. The van der Waals surface area contributed by atoms with E-state index in [9.17, 15) is 4.39 Å². The second-order valence-corrected chi connectivity index (χ2v) is 4.80. The van der Waals surface area contributed by atoms with Crippen molar-refractivity contribution in [3.05, 3.63) is 63.9 Å². The van der Waals surface area contributed by atoms with E-state index in [1.807, 2.05) is 24.3 Å². The maximum absolute atomic E-state index is 13.1. The third kappa shape index (κ3) is 3.31. The SMILES string of the molecule is OCc1cccc(NCc2cc(F)ccc2Br)c1. The van der Waals surface area contributed by atoms with Crippen LogP contribution in [0.5, 0.6) is 0 Å². The van der Waals surface area contributed by atoms with Gasteiger partial charge in [-0.25, -0.2) is 4.39 Å². The van der Waals surface area contributed by atoms with E-state index in [0.717, 1.165) is 21.3 Å². The van der Waals surface area contributed by atoms with Crippen molar-refractivity contribution in [3.8, 4) is 0 Å². The second-order valence-electron chi connectivity index (χ2n) is 3.95. The molecule has 0 aliphatic rings. The van der Waals surface area contributed by atoms with Crippen LogP contribution in [0, 0.1) is 5.82 Å². The highest BCUT2D eigenvalue weighted by molar-refractivity contribution is 9.10. The number of hydrogen-bond acceptors (Lipinski definition) is 2. The summed E-state index contributed by atoms with van der Waals surface area (Å²) in [6, 6.07) is 12.1. The van der Waals surface area contributed by atoms with Crippen molar-refractivity contribution in [2.75, 3.05) is 5.32 Å². The first-order valence-electron chi connectivity index (χ1n) is 5.56. The molecule has 0 spiro atoms. The largest absolute Gasteiger partial charge is 0.392 e. The highest BCUT2D eigenvalue weighted by atomic mass is 79.9. The molecule has 0 unspecified atom stereocenters. The second kappa shape index (κ2) is 5.98. The molecule has 0 bridgehead atoms. The number of rotatable bonds is 4. The highest BCUT2D eigenvalue weighted by Gasteiger charge is 2.02. The van der Waals surface area contributed by atoms with Gasteiger partial charge in [0.05, 0.1) is 6.61 Å². The zero-order valence-electron chi connectivity index (χ0n) is 9.66. The normalized spacial score (nSPS) is 10.4. The molecule has 2 aromatic carbocycles. The number of aliphatic hydroxyl groups is 1. The summed E-state index contributed by atoms with van der Waals surface area (Å²) >= 11 is 3.39. The van der Waals surface area contributed by atoms with Crippen molar-refractivity contribution < 1.29 is 9.50 Å². The van der Waals surface area contributed by atoms with Crippen molar-refractivity contribution in [1.29, 1.82) is 0 Å². The fourth-order valence-electron chi connectivity index (χ4n) is 1.66. The van der Waals surface area contributed by atoms with E-state index in [4.69, 9.17) is 5.11 Å². The lowest BCUT2D eigenvalue weighted by Gasteiger charge is -2.09. The van der Waals surface area contributed by atoms with Gasteiger partial charge in [0, 0.05) is 16.7 Å². The van der Waals surface area contributed by atoms with Crippen LogP contribution in [0.15, 0.2) is 46.9 Å². The van der Waals surface area contributed by atoms with Crippen molar-refractivity contribution in [2.24, 2.45) is 0 Å². The summed E-state index contributed by atoms with van der Waals surface area (Å²) in [6.45, 7) is 0.534. The lowest BCUT2D eigenvalue weighted by molar-refractivity contribution is 0.282. The summed E-state index contributed by atoms with van der Waals surface area (Å²) in [7, 11) is 0. The van der Waals surface area contributed by atoms with Crippen LogP contribution in [-0.2, 0) is 13.2 Å². The van der Waals surface area contributed by atoms with Gasteiger partial charge in [-0.15, -0.1) is 0 Å². The van der Waals surface area contributed by atoms with Gasteiger partial charge in [0.25, 0.3) is 0 Å². The molecule has 0 atom stereocenters. The number of hydrogen-bond donors (Lipinski definition) is 2. The Balaban J connectivity index is 2.08. The highest BCUT2D eigenvalue weighted by Crippen LogP contribution is 2.19. The molecule has 0 saturated carbocycles. The van der Waals surface area contributed by atoms with Crippen LogP contribution in [-0.4, -0.2) is 5.11 Å². The van der Waals surface area contributed by atoms with Gasteiger partial charge in [-0.3, -0.25) is 0 Å². The monoisotopic (exact) mass is 309 g/mol. The molecule has 2 N–H and O–H groups in total. The minimum absolute atomic E-state index is 0.0131. The molecule has 0 aliphatic heterocycles. The third-order valence-corrected chi connectivity index (χ3v) is 3.37. The van der Waals surface area contributed by atoms with Crippen molar-refractivity contribution in [1.82, 2.24) is 0 Å². The third-order valence-electron chi connectivity index (χ3n) is 2.60. The lowest BCUT2D eigenvalue weighted by Crippen LogP contribution is -2.01. The Kier molecular flexibility index (Phi) is 4.33. The van der Waals surface area contributed by atoms with Gasteiger partial charge in [0.1, 0.15) is 5.82 Å². The summed E-state index contributed by atoms with van der Waals surface area (Å²) in [5.41, 5.74) is 2.60. The van der Waals surface area contributed by atoms with E-state index in [2.05, 4.69) is 21.2 Å². The number of aliphatic hydroxyl groups excluding tert-OH is 1. The van der Waals surface area contributed by atoms with Gasteiger partial charge in [-0.1, -0.05) is 28.1 Å². The minimum Gasteiger partial charge on any atom is -0.392 e. The van der Waals surface area contributed by atoms with Crippen LogP contribution < -0.4 is 5.32 Å². The molecule has 0 radical (unpaired) electrons. The smallest absolute Gasteiger partial charge is 0.123 e. The zero-order chi connectivity index (χ0) is 13.0. The molecular weight excluding hydrogens is 297 g/mol. The zero-order valence-corrected chi connectivity index (χ0v) is 11.2. The number of halogens is 2. The maximum atomic E-state index is 13.1. The Morgan fingerprint density at radius 3 is 2.78 bits per heavy atom. The Bertz CT molecular complexity index is 545. The standard InChI is InChI=1S/C14H13BrFNO/c15-14-5-4-12(16)7-11(14)8-17-13-3-1-2-10(6-13)9-18/h1-7,17-18H,8-9H2. The fraction of sp³-hybridized carbons (Fsp3) is 0.143. The average Bonchev–Trinajstić information content (AvgIpc) is 2.40. The molecule has 2 nitrogen and oxygen atoms in total. The molecule has 0 fully saturated rings. The summed E-state index contributed by atoms with van der Waals surface area (Å²) in [4.78, 5) is 0. The van der Waals surface area contributed by atoms with E-state index in [-0.39, 0.29) is 12.4 Å². The van der Waals surface area contributed by atoms with Crippen molar-refractivity contribution in [3.63, 3.8) is 0 Å². The van der Waals surface area contributed by atoms with E-state index < -0.39 is 0 Å². The van der Waals surface area contributed by atoms with Crippen LogP contribution in [0.1, 0.15) is 11.1 Å². The van der Waals surface area contributed by atoms with Crippen molar-refractivity contribution >= 4 is 21.6 Å². The number of benzene rings is 2. The fourth-order valence-corrected chi connectivity index (χ4v) is 2.04. The Morgan fingerprint density at radius 2 is 2.00 bits per heavy atom. The quantitative estimate of drug-likeness (QED) is 0.902. The summed E-state index contributed by atoms with van der Waals surface area (Å²) < 4.78 is 14.0. The molecule has 18 heavy (non-hydrogen) atoms. The number of anilines is 1. The predicted octanol–water partition coefficient (Wildman–Crippen LogP) is 3.69. The van der Waals surface area contributed by atoms with E-state index >= 15 is 0 Å². The predicted molar refractivity (Wildman–Crippen MR) is 73.8 cm³/mol.